The van der Waals surface area contributed by atoms with E-state index in [2.05, 4.69) is 20.4 Å². The monoisotopic (exact) mass is 460 g/mol. The van der Waals surface area contributed by atoms with E-state index in [4.69, 9.17) is 5.11 Å². The maximum atomic E-state index is 14.9. The number of rotatable bonds is 7. The molecule has 1 atom stereocenters. The van der Waals surface area contributed by atoms with Crippen molar-refractivity contribution in [2.75, 3.05) is 38.0 Å². The Labute approximate surface area is 193 Å². The highest BCUT2D eigenvalue weighted by atomic mass is 19.1. The Balaban J connectivity index is 1.25. The van der Waals surface area contributed by atoms with E-state index in [0.717, 1.165) is 57.4 Å². The number of amides is 2. The summed E-state index contributed by atoms with van der Waals surface area (Å²) >= 11 is 0. The number of imide groups is 1. The Bertz CT molecular complexity index is 879. The molecule has 0 spiro atoms. The third-order valence-electron chi connectivity index (χ3n) is 7.27. The van der Waals surface area contributed by atoms with Crippen molar-refractivity contribution in [3.8, 4) is 0 Å². The van der Waals surface area contributed by atoms with Crippen LogP contribution in [0.3, 0.4) is 0 Å². The molecule has 3 heterocycles. The number of piperidine rings is 3. The minimum atomic E-state index is -0.744. The number of anilines is 1. The van der Waals surface area contributed by atoms with Crippen LogP contribution in [0.4, 0.5) is 10.1 Å². The zero-order chi connectivity index (χ0) is 23.4. The lowest BCUT2D eigenvalue weighted by Crippen LogP contribution is -2.47. The van der Waals surface area contributed by atoms with Gasteiger partial charge in [0.1, 0.15) is 11.9 Å². The molecule has 180 valence electrons. The average Bonchev–Trinajstić information content (AvgIpc) is 2.80. The molecule has 1 aromatic rings. The van der Waals surface area contributed by atoms with Gasteiger partial charge < -0.3 is 20.2 Å². The first-order chi connectivity index (χ1) is 15.9. The molecule has 0 aromatic heterocycles. The van der Waals surface area contributed by atoms with Crippen LogP contribution in [0.15, 0.2) is 18.2 Å². The van der Waals surface area contributed by atoms with E-state index < -0.39 is 12.0 Å². The van der Waals surface area contributed by atoms with Crippen molar-refractivity contribution in [1.29, 1.82) is 0 Å². The highest BCUT2D eigenvalue weighted by Crippen LogP contribution is 2.33. The molecular weight excluding hydrogens is 427 g/mol. The average molecular weight is 461 g/mol. The molecule has 2 amide bonds. The van der Waals surface area contributed by atoms with Crippen molar-refractivity contribution < 1.29 is 23.9 Å². The molecular formula is C24H33FN4O4. The van der Waals surface area contributed by atoms with Crippen molar-refractivity contribution >= 4 is 23.5 Å². The number of hydrogen-bond donors (Lipinski definition) is 3. The summed E-state index contributed by atoms with van der Waals surface area (Å²) in [7, 11) is 0. The Hall–Kier alpha value is -2.52. The number of hydrogen-bond acceptors (Lipinski definition) is 6. The number of nitrogens with zero attached hydrogens (tertiary/aromatic N) is 2. The van der Waals surface area contributed by atoms with E-state index in [1.165, 1.54) is 6.07 Å². The fourth-order valence-corrected chi connectivity index (χ4v) is 5.32. The number of carbonyl (C=O) groups is 3. The van der Waals surface area contributed by atoms with E-state index in [1.807, 2.05) is 12.1 Å². The van der Waals surface area contributed by atoms with Crippen LogP contribution in [0, 0.1) is 5.82 Å². The number of carboxylic acids is 1. The second-order valence-corrected chi connectivity index (χ2v) is 9.41. The summed E-state index contributed by atoms with van der Waals surface area (Å²) in [6.45, 7) is 4.39. The summed E-state index contributed by atoms with van der Waals surface area (Å²) in [5.74, 6) is -1.45. The predicted octanol–water partition coefficient (Wildman–Crippen LogP) is 2.16. The first-order valence-corrected chi connectivity index (χ1v) is 12.0. The number of benzene rings is 1. The van der Waals surface area contributed by atoms with Gasteiger partial charge in [-0.1, -0.05) is 6.07 Å². The minimum Gasteiger partial charge on any atom is -0.481 e. The maximum absolute atomic E-state index is 14.9. The van der Waals surface area contributed by atoms with Crippen molar-refractivity contribution in [2.24, 2.45) is 0 Å². The second kappa shape index (κ2) is 10.6. The molecule has 4 rings (SSSR count). The number of carboxylic acid groups (broad SMARTS) is 1. The normalized spacial score (nSPS) is 24.0. The van der Waals surface area contributed by atoms with Crippen LogP contribution in [0.5, 0.6) is 0 Å². The first-order valence-electron chi connectivity index (χ1n) is 12.0. The molecule has 0 bridgehead atoms. The number of carbonyl (C=O) groups excluding carboxylic acids is 2. The summed E-state index contributed by atoms with van der Waals surface area (Å²) in [5, 5.41) is 14.2. The van der Waals surface area contributed by atoms with Crippen molar-refractivity contribution in [2.45, 2.75) is 62.9 Å². The Morgan fingerprint density at radius 2 is 1.82 bits per heavy atom. The summed E-state index contributed by atoms with van der Waals surface area (Å²) in [5.41, 5.74) is 1.28. The molecule has 0 radical (unpaired) electrons. The summed E-state index contributed by atoms with van der Waals surface area (Å²) in [6.07, 6.45) is 4.82. The molecule has 3 N–H and O–H groups in total. The standard InChI is InChI=1S/C24H33FN4O4/c25-20-15-17(26-21-3-4-22(30)27-24(21)33)1-2-19(20)16-5-13-29(14-6-16)18-7-10-28(11-8-18)12-9-23(31)32/h1-2,15-16,18,21,26H,3-14H2,(H,31,32)(H,27,30,33). The number of halogens is 1. The van der Waals surface area contributed by atoms with Gasteiger partial charge in [0.2, 0.25) is 11.8 Å². The fraction of sp³-hybridized carbons (Fsp3) is 0.625. The van der Waals surface area contributed by atoms with Crippen LogP contribution in [0.1, 0.15) is 56.4 Å². The van der Waals surface area contributed by atoms with Gasteiger partial charge in [0.15, 0.2) is 0 Å². The quantitative estimate of drug-likeness (QED) is 0.536. The Kier molecular flexibility index (Phi) is 7.60. The number of likely N-dealkylation sites (tertiary alicyclic amines) is 2. The van der Waals surface area contributed by atoms with Gasteiger partial charge in [-0.15, -0.1) is 0 Å². The predicted molar refractivity (Wildman–Crippen MR) is 121 cm³/mol. The van der Waals surface area contributed by atoms with Gasteiger partial charge in [-0.3, -0.25) is 19.7 Å². The Morgan fingerprint density at radius 1 is 1.09 bits per heavy atom. The number of aliphatic carboxylic acids is 1. The largest absolute Gasteiger partial charge is 0.481 e. The minimum absolute atomic E-state index is 0.182. The lowest BCUT2D eigenvalue weighted by Gasteiger charge is -2.42. The molecule has 3 fully saturated rings. The van der Waals surface area contributed by atoms with E-state index in [-0.39, 0.29) is 36.4 Å². The van der Waals surface area contributed by atoms with Crippen LogP contribution in [0.2, 0.25) is 0 Å². The van der Waals surface area contributed by atoms with Gasteiger partial charge in [0.25, 0.3) is 0 Å². The van der Waals surface area contributed by atoms with Gasteiger partial charge in [-0.25, -0.2) is 4.39 Å². The SMILES string of the molecule is O=C(O)CCN1CCC(N2CCC(c3ccc(NC4CCC(=O)NC4=O)cc3F)CC2)CC1. The maximum Gasteiger partial charge on any atom is 0.304 e. The molecule has 3 aliphatic rings. The Morgan fingerprint density at radius 3 is 2.45 bits per heavy atom. The molecule has 9 heteroatoms. The molecule has 3 aliphatic heterocycles. The van der Waals surface area contributed by atoms with Crippen LogP contribution >= 0.6 is 0 Å². The molecule has 0 saturated carbocycles. The lowest BCUT2D eigenvalue weighted by molar-refractivity contribution is -0.137. The van der Waals surface area contributed by atoms with Crippen molar-refractivity contribution in [3.05, 3.63) is 29.6 Å². The molecule has 3 saturated heterocycles. The van der Waals surface area contributed by atoms with Crippen molar-refractivity contribution in [3.63, 3.8) is 0 Å². The summed E-state index contributed by atoms with van der Waals surface area (Å²) in [6, 6.07) is 5.11. The van der Waals surface area contributed by atoms with Crippen LogP contribution in [-0.4, -0.2) is 77.5 Å². The van der Waals surface area contributed by atoms with Crippen LogP contribution in [0.25, 0.3) is 0 Å². The highest BCUT2D eigenvalue weighted by molar-refractivity contribution is 6.01. The summed E-state index contributed by atoms with van der Waals surface area (Å²) < 4.78 is 14.9. The number of nitrogens with one attached hydrogen (secondary N) is 2. The molecule has 1 unspecified atom stereocenters. The van der Waals surface area contributed by atoms with Crippen LogP contribution < -0.4 is 10.6 Å². The van der Waals surface area contributed by atoms with E-state index in [9.17, 15) is 18.8 Å². The molecule has 1 aromatic carbocycles. The van der Waals surface area contributed by atoms with E-state index >= 15 is 0 Å². The van der Waals surface area contributed by atoms with Gasteiger partial charge in [-0.2, -0.15) is 0 Å². The molecule has 33 heavy (non-hydrogen) atoms. The smallest absolute Gasteiger partial charge is 0.304 e. The zero-order valence-corrected chi connectivity index (χ0v) is 18.9. The van der Waals surface area contributed by atoms with E-state index in [1.54, 1.807) is 0 Å². The first kappa shape index (κ1) is 23.6. The molecule has 8 nitrogen and oxygen atoms in total. The lowest BCUT2D eigenvalue weighted by atomic mass is 9.87. The van der Waals surface area contributed by atoms with Gasteiger partial charge in [0.05, 0.1) is 6.42 Å². The third kappa shape index (κ3) is 6.09. The van der Waals surface area contributed by atoms with Gasteiger partial charge in [-0.05, 0) is 81.9 Å². The highest BCUT2D eigenvalue weighted by Gasteiger charge is 2.30. The van der Waals surface area contributed by atoms with Crippen molar-refractivity contribution in [1.82, 2.24) is 15.1 Å². The van der Waals surface area contributed by atoms with Gasteiger partial charge >= 0.3 is 5.97 Å². The second-order valence-electron chi connectivity index (χ2n) is 9.41. The van der Waals surface area contributed by atoms with Gasteiger partial charge in [0, 0.05) is 24.7 Å². The third-order valence-corrected chi connectivity index (χ3v) is 7.27. The zero-order valence-electron chi connectivity index (χ0n) is 18.9. The topological polar surface area (TPSA) is 102 Å². The summed E-state index contributed by atoms with van der Waals surface area (Å²) in [4.78, 5) is 38.7. The fourth-order valence-electron chi connectivity index (χ4n) is 5.32. The van der Waals surface area contributed by atoms with E-state index in [0.29, 0.717) is 24.7 Å². The molecule has 0 aliphatic carbocycles. The van der Waals surface area contributed by atoms with Crippen LogP contribution in [-0.2, 0) is 14.4 Å².